The van der Waals surface area contributed by atoms with Gasteiger partial charge in [0.1, 0.15) is 5.82 Å². The molecule has 1 aromatic rings. The number of halogens is 1. The zero-order chi connectivity index (χ0) is 16.3. The Morgan fingerprint density at radius 2 is 2.05 bits per heavy atom. The number of hydrogen-bond donors (Lipinski definition) is 2. The van der Waals surface area contributed by atoms with E-state index < -0.39 is 27.5 Å². The molecule has 0 unspecified atom stereocenters. The van der Waals surface area contributed by atoms with Crippen molar-refractivity contribution in [1.82, 2.24) is 10.9 Å². The summed E-state index contributed by atoms with van der Waals surface area (Å²) in [6.07, 6.45) is 0.481. The lowest BCUT2D eigenvalue weighted by Crippen LogP contribution is -2.42. The van der Waals surface area contributed by atoms with Gasteiger partial charge in [-0.2, -0.15) is 0 Å². The Morgan fingerprint density at radius 1 is 1.32 bits per heavy atom. The summed E-state index contributed by atoms with van der Waals surface area (Å²) in [7, 11) is -3.03. The minimum atomic E-state index is -3.03. The van der Waals surface area contributed by atoms with Crippen LogP contribution < -0.4 is 10.9 Å². The zero-order valence-corrected chi connectivity index (χ0v) is 12.9. The van der Waals surface area contributed by atoms with E-state index in [1.165, 1.54) is 12.1 Å². The van der Waals surface area contributed by atoms with Gasteiger partial charge in [0, 0.05) is 12.0 Å². The van der Waals surface area contributed by atoms with Crippen molar-refractivity contribution in [1.29, 1.82) is 0 Å². The molecule has 1 aliphatic heterocycles. The van der Waals surface area contributed by atoms with E-state index in [4.69, 9.17) is 0 Å². The molecule has 1 aromatic carbocycles. The highest BCUT2D eigenvalue weighted by atomic mass is 32.2. The van der Waals surface area contributed by atoms with Crippen molar-refractivity contribution >= 4 is 21.7 Å². The predicted molar refractivity (Wildman–Crippen MR) is 78.1 cm³/mol. The molecular formula is C14H17FN2O4S. The fraction of sp³-hybridized carbons (Fsp3) is 0.429. The Labute approximate surface area is 128 Å². The van der Waals surface area contributed by atoms with Crippen LogP contribution in [0.1, 0.15) is 28.8 Å². The van der Waals surface area contributed by atoms with Gasteiger partial charge in [0.15, 0.2) is 9.84 Å². The Morgan fingerprint density at radius 3 is 2.64 bits per heavy atom. The van der Waals surface area contributed by atoms with Gasteiger partial charge in [0.2, 0.25) is 5.91 Å². The van der Waals surface area contributed by atoms with Gasteiger partial charge < -0.3 is 0 Å². The number of amides is 2. The fourth-order valence-corrected chi connectivity index (χ4v) is 4.14. The van der Waals surface area contributed by atoms with Crippen molar-refractivity contribution in [3.05, 3.63) is 35.1 Å². The molecule has 2 N–H and O–H groups in total. The summed E-state index contributed by atoms with van der Waals surface area (Å²) in [6, 6.07) is 4.00. The van der Waals surface area contributed by atoms with Gasteiger partial charge in [-0.05, 0) is 37.0 Å². The van der Waals surface area contributed by atoms with E-state index in [9.17, 15) is 22.4 Å². The highest BCUT2D eigenvalue weighted by Crippen LogP contribution is 2.21. The summed E-state index contributed by atoms with van der Waals surface area (Å²) in [4.78, 5) is 23.4. The molecule has 1 heterocycles. The van der Waals surface area contributed by atoms with Gasteiger partial charge in [-0.1, -0.05) is 6.07 Å². The third-order valence-corrected chi connectivity index (χ3v) is 5.39. The van der Waals surface area contributed by atoms with Gasteiger partial charge in [-0.25, -0.2) is 12.8 Å². The molecule has 6 nitrogen and oxygen atoms in total. The average molecular weight is 328 g/mol. The molecule has 0 aromatic heterocycles. The Kier molecular flexibility index (Phi) is 4.80. The third kappa shape index (κ3) is 4.27. The van der Waals surface area contributed by atoms with Crippen LogP contribution in [0.2, 0.25) is 0 Å². The molecule has 2 amide bonds. The number of hydrogen-bond acceptors (Lipinski definition) is 4. The number of nitrogens with one attached hydrogen (secondary N) is 2. The number of benzene rings is 1. The number of carbonyl (C=O) groups excluding carboxylic acids is 2. The predicted octanol–water partition coefficient (Wildman–Crippen LogP) is 0.720. The standard InChI is InChI=1S/C14H17FN2O4S/c1-9-2-3-11(7-12(9)15)14(19)17-16-13(18)6-10-4-5-22(20,21)8-10/h2-3,7,10H,4-6,8H2,1H3,(H,16,18)(H,17,19)/t10-/m1/s1. The van der Waals surface area contributed by atoms with E-state index >= 15 is 0 Å². The van der Waals surface area contributed by atoms with Crippen LogP contribution in [-0.4, -0.2) is 31.7 Å². The number of carbonyl (C=O) groups is 2. The van der Waals surface area contributed by atoms with Crippen LogP contribution in [0, 0.1) is 18.7 Å². The van der Waals surface area contributed by atoms with E-state index in [0.717, 1.165) is 6.07 Å². The van der Waals surface area contributed by atoms with E-state index in [-0.39, 0.29) is 29.4 Å². The summed E-state index contributed by atoms with van der Waals surface area (Å²) in [5, 5.41) is 0. The topological polar surface area (TPSA) is 92.3 Å². The number of aryl methyl sites for hydroxylation is 1. The molecule has 0 bridgehead atoms. The van der Waals surface area contributed by atoms with Crippen LogP contribution in [-0.2, 0) is 14.6 Å². The van der Waals surface area contributed by atoms with Crippen LogP contribution in [0.3, 0.4) is 0 Å². The summed E-state index contributed by atoms with van der Waals surface area (Å²) >= 11 is 0. The van der Waals surface area contributed by atoms with Crippen LogP contribution in [0.4, 0.5) is 4.39 Å². The normalized spacial score (nSPS) is 19.6. The lowest BCUT2D eigenvalue weighted by Gasteiger charge is -2.10. The second kappa shape index (κ2) is 6.43. The van der Waals surface area contributed by atoms with Gasteiger partial charge in [-0.15, -0.1) is 0 Å². The number of rotatable bonds is 3. The lowest BCUT2D eigenvalue weighted by atomic mass is 10.1. The Bertz CT molecular complexity index is 703. The monoisotopic (exact) mass is 328 g/mol. The summed E-state index contributed by atoms with van der Waals surface area (Å²) < 4.78 is 35.9. The van der Waals surface area contributed by atoms with E-state index in [2.05, 4.69) is 10.9 Å². The Balaban J connectivity index is 1.83. The molecule has 0 saturated carbocycles. The van der Waals surface area contributed by atoms with Crippen molar-refractivity contribution in [2.75, 3.05) is 11.5 Å². The molecule has 22 heavy (non-hydrogen) atoms. The summed E-state index contributed by atoms with van der Waals surface area (Å²) in [5.41, 5.74) is 4.91. The van der Waals surface area contributed by atoms with Gasteiger partial charge >= 0.3 is 0 Å². The molecular weight excluding hydrogens is 311 g/mol. The third-order valence-electron chi connectivity index (χ3n) is 3.55. The summed E-state index contributed by atoms with van der Waals surface area (Å²) in [6.45, 7) is 1.58. The molecule has 8 heteroatoms. The first-order valence-electron chi connectivity index (χ1n) is 6.82. The largest absolute Gasteiger partial charge is 0.273 e. The molecule has 0 spiro atoms. The molecule has 1 saturated heterocycles. The molecule has 1 fully saturated rings. The first kappa shape index (κ1) is 16.4. The number of sulfone groups is 1. The quantitative estimate of drug-likeness (QED) is 0.800. The molecule has 2 rings (SSSR count). The lowest BCUT2D eigenvalue weighted by molar-refractivity contribution is -0.122. The second-order valence-corrected chi connectivity index (χ2v) is 7.67. The SMILES string of the molecule is Cc1ccc(C(=O)NNC(=O)C[C@H]2CCS(=O)(=O)C2)cc1F. The maximum atomic E-state index is 13.4. The average Bonchev–Trinajstić information content (AvgIpc) is 2.78. The van der Waals surface area contributed by atoms with Crippen molar-refractivity contribution in [2.24, 2.45) is 5.92 Å². The van der Waals surface area contributed by atoms with Gasteiger partial charge in [-0.3, -0.25) is 20.4 Å². The zero-order valence-electron chi connectivity index (χ0n) is 12.1. The van der Waals surface area contributed by atoms with Crippen LogP contribution >= 0.6 is 0 Å². The highest BCUT2D eigenvalue weighted by Gasteiger charge is 2.29. The first-order valence-corrected chi connectivity index (χ1v) is 8.65. The van der Waals surface area contributed by atoms with Crippen molar-refractivity contribution < 1.29 is 22.4 Å². The van der Waals surface area contributed by atoms with Crippen LogP contribution in [0.15, 0.2) is 18.2 Å². The van der Waals surface area contributed by atoms with Crippen molar-refractivity contribution in [3.8, 4) is 0 Å². The van der Waals surface area contributed by atoms with Gasteiger partial charge in [0.05, 0.1) is 11.5 Å². The smallest absolute Gasteiger partial charge is 0.269 e. The first-order chi connectivity index (χ1) is 10.3. The molecule has 1 aliphatic rings. The fourth-order valence-electron chi connectivity index (χ4n) is 2.28. The van der Waals surface area contributed by atoms with E-state index in [1.54, 1.807) is 6.92 Å². The molecule has 0 radical (unpaired) electrons. The van der Waals surface area contributed by atoms with Crippen molar-refractivity contribution in [3.63, 3.8) is 0 Å². The second-order valence-electron chi connectivity index (χ2n) is 5.44. The van der Waals surface area contributed by atoms with Crippen LogP contribution in [0.25, 0.3) is 0 Å². The maximum Gasteiger partial charge on any atom is 0.269 e. The minimum Gasteiger partial charge on any atom is -0.273 e. The molecule has 1 atom stereocenters. The van der Waals surface area contributed by atoms with Crippen molar-refractivity contribution in [2.45, 2.75) is 19.8 Å². The molecule has 0 aliphatic carbocycles. The summed E-state index contributed by atoms with van der Waals surface area (Å²) in [5.74, 6) is -1.74. The van der Waals surface area contributed by atoms with E-state index in [0.29, 0.717) is 12.0 Å². The minimum absolute atomic E-state index is 0.00244. The number of hydrazine groups is 1. The Hall–Kier alpha value is -1.96. The highest BCUT2D eigenvalue weighted by molar-refractivity contribution is 7.91. The maximum absolute atomic E-state index is 13.4. The molecule has 120 valence electrons. The van der Waals surface area contributed by atoms with E-state index in [1.807, 2.05) is 0 Å². The van der Waals surface area contributed by atoms with Crippen LogP contribution in [0.5, 0.6) is 0 Å². The van der Waals surface area contributed by atoms with Gasteiger partial charge in [0.25, 0.3) is 5.91 Å².